The van der Waals surface area contributed by atoms with Gasteiger partial charge >= 0.3 is 121 Å². The Kier molecular flexibility index (Phi) is 3.90. The van der Waals surface area contributed by atoms with E-state index >= 15 is 0 Å². The van der Waals surface area contributed by atoms with Gasteiger partial charge in [0.05, 0.1) is 0 Å². The molecule has 0 bridgehead atoms. The molecule has 1 N–H and O–H groups in total. The van der Waals surface area contributed by atoms with Crippen LogP contribution in [0.3, 0.4) is 0 Å². The zero-order valence-electron chi connectivity index (χ0n) is 11.8. The number of carbonyl (C=O) groups excluding carboxylic acids is 2. The minimum atomic E-state index is -2.41. The summed E-state index contributed by atoms with van der Waals surface area (Å²) < 4.78 is 1.09. The van der Waals surface area contributed by atoms with Gasteiger partial charge in [-0.1, -0.05) is 0 Å². The number of carboxylic acid groups (broad SMARTS) is 1. The first-order chi connectivity index (χ1) is 9.21. The van der Waals surface area contributed by atoms with Crippen LogP contribution >= 0.6 is 0 Å². The Morgan fingerprint density at radius 2 is 1.70 bits per heavy atom. The van der Waals surface area contributed by atoms with Gasteiger partial charge in [-0.2, -0.15) is 0 Å². The number of rotatable bonds is 3. The van der Waals surface area contributed by atoms with E-state index in [1.807, 2.05) is 6.07 Å². The number of hydrogen-bond donors (Lipinski definition) is 1. The molecular weight excluding hydrogens is 365 g/mol. The maximum atomic E-state index is 11.9. The van der Waals surface area contributed by atoms with E-state index in [0.29, 0.717) is 0 Å². The van der Waals surface area contributed by atoms with Crippen LogP contribution in [-0.4, -0.2) is 41.3 Å². The summed E-state index contributed by atoms with van der Waals surface area (Å²) in [6, 6.07) is 5.04. The second-order valence-corrected chi connectivity index (χ2v) is 20.4. The summed E-state index contributed by atoms with van der Waals surface area (Å²) >= 11 is -2.41. The van der Waals surface area contributed by atoms with Gasteiger partial charge in [-0.25, -0.2) is 0 Å². The molecule has 0 spiro atoms. The van der Waals surface area contributed by atoms with Gasteiger partial charge in [0.15, 0.2) is 0 Å². The molecule has 0 atom stereocenters. The van der Waals surface area contributed by atoms with E-state index in [4.69, 9.17) is 0 Å². The molecule has 1 aliphatic heterocycles. The predicted molar refractivity (Wildman–Crippen MR) is 78.1 cm³/mol. The number of imide groups is 1. The monoisotopic (exact) mass is 383 g/mol. The maximum absolute atomic E-state index is 11.9. The topological polar surface area (TPSA) is 74.7 Å². The predicted octanol–water partition coefficient (Wildman–Crippen LogP) is 1.58. The number of anilines is 1. The van der Waals surface area contributed by atoms with Crippen LogP contribution in [0.1, 0.15) is 23.2 Å². The standard InChI is InChI=1S/C11H8NO4.3CH3.Sn/c13-9-5-6-10(14)12(9)8-4-2-1-3-7(8)11(15)16;;;;/h1,3-4H,5-6H2,(H,15,16);3*1H3;. The number of amides is 2. The van der Waals surface area contributed by atoms with E-state index in [-0.39, 0.29) is 35.9 Å². The fourth-order valence-electron chi connectivity index (χ4n) is 2.21. The van der Waals surface area contributed by atoms with Crippen molar-refractivity contribution in [3.05, 3.63) is 23.8 Å². The third-order valence-corrected chi connectivity index (χ3v) is 9.22. The molecule has 1 aliphatic rings. The van der Waals surface area contributed by atoms with E-state index in [2.05, 4.69) is 14.8 Å². The number of hydrogen-bond acceptors (Lipinski definition) is 3. The second kappa shape index (κ2) is 5.20. The van der Waals surface area contributed by atoms with Crippen LogP contribution < -0.4 is 8.48 Å². The molecule has 2 rings (SSSR count). The molecule has 0 unspecified atom stereocenters. The molecule has 106 valence electrons. The first-order valence-corrected chi connectivity index (χ1v) is 16.4. The average Bonchev–Trinajstić information content (AvgIpc) is 2.67. The molecule has 20 heavy (non-hydrogen) atoms. The van der Waals surface area contributed by atoms with Gasteiger partial charge in [-0.3, -0.25) is 0 Å². The molecule has 5 nitrogen and oxygen atoms in total. The van der Waals surface area contributed by atoms with E-state index in [0.717, 1.165) is 8.48 Å². The van der Waals surface area contributed by atoms with Crippen molar-refractivity contribution in [3.63, 3.8) is 0 Å². The van der Waals surface area contributed by atoms with Crippen LogP contribution in [0.25, 0.3) is 0 Å². The second-order valence-electron chi connectivity index (χ2n) is 5.91. The van der Waals surface area contributed by atoms with Crippen LogP contribution in [0.2, 0.25) is 14.8 Å². The van der Waals surface area contributed by atoms with Crippen LogP contribution in [0, 0.1) is 0 Å². The molecular formula is C14H17NO4Sn. The van der Waals surface area contributed by atoms with Crippen molar-refractivity contribution in [2.45, 2.75) is 27.7 Å². The van der Waals surface area contributed by atoms with Crippen molar-refractivity contribution in [2.24, 2.45) is 0 Å². The Morgan fingerprint density at radius 1 is 1.15 bits per heavy atom. The number of benzene rings is 1. The summed E-state index contributed by atoms with van der Waals surface area (Å²) in [4.78, 5) is 42.6. The summed E-state index contributed by atoms with van der Waals surface area (Å²) in [5, 5.41) is 9.26. The Bertz CT molecular complexity index is 588. The summed E-state index contributed by atoms with van der Waals surface area (Å²) in [5.41, 5.74) is 0.238. The van der Waals surface area contributed by atoms with Crippen molar-refractivity contribution in [1.82, 2.24) is 0 Å². The Hall–Kier alpha value is -1.37. The van der Waals surface area contributed by atoms with E-state index in [9.17, 15) is 19.5 Å². The van der Waals surface area contributed by atoms with Crippen molar-refractivity contribution in [3.8, 4) is 0 Å². The van der Waals surface area contributed by atoms with Crippen LogP contribution in [0.5, 0.6) is 0 Å². The first kappa shape index (κ1) is 15.0. The minimum absolute atomic E-state index is 0.00730. The molecule has 1 saturated heterocycles. The van der Waals surface area contributed by atoms with Gasteiger partial charge in [0.2, 0.25) is 0 Å². The normalized spacial score (nSPS) is 15.8. The van der Waals surface area contributed by atoms with Gasteiger partial charge < -0.3 is 0 Å². The Balaban J connectivity index is 2.61. The first-order valence-electron chi connectivity index (χ1n) is 6.45. The van der Waals surface area contributed by atoms with Gasteiger partial charge in [-0.05, 0) is 0 Å². The third-order valence-electron chi connectivity index (χ3n) is 3.39. The summed E-state index contributed by atoms with van der Waals surface area (Å²) in [6.45, 7) is 0. The number of carbonyl (C=O) groups is 3. The van der Waals surface area contributed by atoms with E-state index < -0.39 is 24.3 Å². The Labute approximate surface area is 121 Å². The molecule has 0 aliphatic carbocycles. The van der Waals surface area contributed by atoms with Crippen molar-refractivity contribution in [1.29, 1.82) is 0 Å². The molecule has 1 fully saturated rings. The third kappa shape index (κ3) is 2.72. The fourth-order valence-corrected chi connectivity index (χ4v) is 5.50. The van der Waals surface area contributed by atoms with Gasteiger partial charge in [0.1, 0.15) is 0 Å². The van der Waals surface area contributed by atoms with Crippen molar-refractivity contribution >= 4 is 45.4 Å². The van der Waals surface area contributed by atoms with E-state index in [1.54, 1.807) is 6.07 Å². The molecule has 2 amide bonds. The van der Waals surface area contributed by atoms with Crippen molar-refractivity contribution < 1.29 is 19.5 Å². The average molecular weight is 382 g/mol. The Morgan fingerprint density at radius 3 is 2.15 bits per heavy atom. The zero-order valence-corrected chi connectivity index (χ0v) is 14.6. The van der Waals surface area contributed by atoms with Gasteiger partial charge in [0.25, 0.3) is 0 Å². The molecule has 1 aromatic carbocycles. The summed E-state index contributed by atoms with van der Waals surface area (Å²) in [7, 11) is 0. The van der Waals surface area contributed by atoms with E-state index in [1.165, 1.54) is 6.07 Å². The number of nitrogens with zero attached hydrogens (tertiary/aromatic N) is 1. The molecule has 0 saturated carbocycles. The van der Waals surface area contributed by atoms with Crippen molar-refractivity contribution in [2.75, 3.05) is 4.90 Å². The quantitative estimate of drug-likeness (QED) is 0.637. The van der Waals surface area contributed by atoms with Gasteiger partial charge in [0, 0.05) is 0 Å². The molecule has 1 aromatic rings. The molecule has 0 aromatic heterocycles. The zero-order chi connectivity index (χ0) is 15.1. The molecule has 6 heteroatoms. The summed E-state index contributed by atoms with van der Waals surface area (Å²) in [5.74, 6) is -1.76. The number of carboxylic acids is 1. The molecule has 1 heterocycles. The number of aromatic carboxylic acids is 1. The molecule has 0 radical (unpaired) electrons. The van der Waals surface area contributed by atoms with Crippen LogP contribution in [-0.2, 0) is 9.59 Å². The fraction of sp³-hybridized carbons (Fsp3) is 0.357. The summed E-state index contributed by atoms with van der Waals surface area (Å²) in [6.07, 6.45) is 0.307. The SMILES string of the molecule is [CH3][Sn]([CH3])([CH3])[c]1ccc(C(=O)O)c(N2C(=O)CCC2=O)c1. The van der Waals surface area contributed by atoms with Gasteiger partial charge in [-0.15, -0.1) is 0 Å². The van der Waals surface area contributed by atoms with Crippen LogP contribution in [0.4, 0.5) is 5.69 Å². The van der Waals surface area contributed by atoms with Crippen LogP contribution in [0.15, 0.2) is 18.2 Å².